The van der Waals surface area contributed by atoms with Crippen LogP contribution in [-0.4, -0.2) is 64.1 Å². The topological polar surface area (TPSA) is 93.1 Å². The molecular formula is C28H31N3O4. The minimum atomic E-state index is -1.14. The van der Waals surface area contributed by atoms with E-state index >= 15 is 0 Å². The maximum Gasteiger partial charge on any atom is 0.337 e. The van der Waals surface area contributed by atoms with E-state index in [1.807, 2.05) is 36.4 Å². The molecule has 35 heavy (non-hydrogen) atoms. The summed E-state index contributed by atoms with van der Waals surface area (Å²) in [5, 5.41) is 22.7. The smallest absolute Gasteiger partial charge is 0.337 e. The molecule has 3 aromatic carbocycles. The zero-order valence-electron chi connectivity index (χ0n) is 20.1. The van der Waals surface area contributed by atoms with Gasteiger partial charge in [0.1, 0.15) is 5.75 Å². The molecule has 1 fully saturated rings. The van der Waals surface area contributed by atoms with Crippen molar-refractivity contribution in [2.75, 3.05) is 31.5 Å². The van der Waals surface area contributed by atoms with E-state index in [4.69, 9.17) is 0 Å². The first kappa shape index (κ1) is 24.4. The van der Waals surface area contributed by atoms with E-state index in [9.17, 15) is 19.8 Å². The average molecular weight is 474 g/mol. The number of aromatic carboxylic acids is 1. The predicted molar refractivity (Wildman–Crippen MR) is 137 cm³/mol. The second-order valence-corrected chi connectivity index (χ2v) is 9.14. The van der Waals surface area contributed by atoms with Crippen LogP contribution in [0.15, 0.2) is 66.7 Å². The van der Waals surface area contributed by atoms with Crippen molar-refractivity contribution in [2.45, 2.75) is 26.4 Å². The minimum absolute atomic E-state index is 0.0169. The van der Waals surface area contributed by atoms with Crippen LogP contribution in [0.4, 0.5) is 5.69 Å². The van der Waals surface area contributed by atoms with Crippen LogP contribution in [0.5, 0.6) is 5.75 Å². The molecule has 0 unspecified atom stereocenters. The molecule has 7 heteroatoms. The quantitative estimate of drug-likeness (QED) is 0.467. The van der Waals surface area contributed by atoms with Crippen molar-refractivity contribution in [3.8, 4) is 16.9 Å². The molecule has 1 aliphatic heterocycles. The van der Waals surface area contributed by atoms with E-state index in [0.717, 1.165) is 42.9 Å². The molecule has 0 saturated carbocycles. The molecule has 1 saturated heterocycles. The molecular weight excluding hydrogens is 442 g/mol. The fourth-order valence-electron chi connectivity index (χ4n) is 4.39. The molecule has 1 amide bonds. The van der Waals surface area contributed by atoms with Gasteiger partial charge in [-0.05, 0) is 54.8 Å². The molecule has 3 aromatic rings. The number of anilines is 1. The second-order valence-electron chi connectivity index (χ2n) is 9.14. The van der Waals surface area contributed by atoms with Gasteiger partial charge in [0.05, 0.1) is 16.8 Å². The Hall–Kier alpha value is -3.68. The SMILES string of the molecule is CC(C)N1CCN(Cc2ccc(O)c(C(=O)Nc3cc(-c4ccccc4)ccc3C(=O)O)c2)CC1. The third-order valence-corrected chi connectivity index (χ3v) is 6.45. The van der Waals surface area contributed by atoms with E-state index in [-0.39, 0.29) is 22.6 Å². The van der Waals surface area contributed by atoms with Crippen molar-refractivity contribution in [2.24, 2.45) is 0 Å². The fraction of sp³-hybridized carbons (Fsp3) is 0.286. The number of hydrogen-bond acceptors (Lipinski definition) is 5. The van der Waals surface area contributed by atoms with Gasteiger partial charge in [0.2, 0.25) is 0 Å². The predicted octanol–water partition coefficient (Wildman–Crippen LogP) is 4.54. The zero-order chi connectivity index (χ0) is 24.9. The number of piperazine rings is 1. The number of carbonyl (C=O) groups excluding carboxylic acids is 1. The molecule has 0 aliphatic carbocycles. The molecule has 0 aromatic heterocycles. The van der Waals surface area contributed by atoms with Gasteiger partial charge in [-0.2, -0.15) is 0 Å². The lowest BCUT2D eigenvalue weighted by molar-refractivity contribution is 0.0698. The van der Waals surface area contributed by atoms with Gasteiger partial charge < -0.3 is 15.5 Å². The third kappa shape index (κ3) is 5.88. The summed E-state index contributed by atoms with van der Waals surface area (Å²) < 4.78 is 0. The molecule has 3 N–H and O–H groups in total. The van der Waals surface area contributed by atoms with Crippen LogP contribution in [0, 0.1) is 0 Å². The van der Waals surface area contributed by atoms with Crippen molar-refractivity contribution >= 4 is 17.6 Å². The largest absolute Gasteiger partial charge is 0.507 e. The maximum absolute atomic E-state index is 13.1. The number of phenols is 1. The number of nitrogens with zero attached hydrogens (tertiary/aromatic N) is 2. The van der Waals surface area contributed by atoms with Crippen LogP contribution in [0.3, 0.4) is 0 Å². The molecule has 0 radical (unpaired) electrons. The Bertz CT molecular complexity index is 1200. The number of carboxylic acids is 1. The van der Waals surface area contributed by atoms with Gasteiger partial charge in [-0.1, -0.05) is 42.5 Å². The minimum Gasteiger partial charge on any atom is -0.507 e. The number of nitrogens with one attached hydrogen (secondary N) is 1. The van der Waals surface area contributed by atoms with E-state index < -0.39 is 11.9 Å². The van der Waals surface area contributed by atoms with Gasteiger partial charge in [0, 0.05) is 38.8 Å². The Labute approximate surface area is 205 Å². The van der Waals surface area contributed by atoms with Gasteiger partial charge in [0.25, 0.3) is 5.91 Å². The molecule has 182 valence electrons. The molecule has 7 nitrogen and oxygen atoms in total. The van der Waals surface area contributed by atoms with Crippen molar-refractivity contribution in [3.63, 3.8) is 0 Å². The lowest BCUT2D eigenvalue weighted by atomic mass is 10.0. The highest BCUT2D eigenvalue weighted by Gasteiger charge is 2.21. The van der Waals surface area contributed by atoms with Crippen molar-refractivity contribution in [1.29, 1.82) is 0 Å². The summed E-state index contributed by atoms with van der Waals surface area (Å²) in [5.74, 6) is -1.84. The average Bonchev–Trinajstić information content (AvgIpc) is 2.86. The first-order valence-electron chi connectivity index (χ1n) is 11.8. The summed E-state index contributed by atoms with van der Waals surface area (Å²) >= 11 is 0. The summed E-state index contributed by atoms with van der Waals surface area (Å²) in [4.78, 5) is 29.7. The molecule has 0 atom stereocenters. The highest BCUT2D eigenvalue weighted by atomic mass is 16.4. The number of aromatic hydroxyl groups is 1. The maximum atomic E-state index is 13.1. The van der Waals surface area contributed by atoms with Crippen molar-refractivity contribution in [1.82, 2.24) is 9.80 Å². The molecule has 0 spiro atoms. The normalized spacial score (nSPS) is 14.7. The van der Waals surface area contributed by atoms with Gasteiger partial charge >= 0.3 is 5.97 Å². The van der Waals surface area contributed by atoms with E-state index in [0.29, 0.717) is 12.6 Å². The second kappa shape index (κ2) is 10.7. The summed E-state index contributed by atoms with van der Waals surface area (Å²) in [6.07, 6.45) is 0. The standard InChI is InChI=1S/C28H31N3O4/c1-19(2)31-14-12-30(13-15-31)18-20-8-11-26(32)24(16-20)27(33)29-25-17-22(9-10-23(25)28(34)35)21-6-4-3-5-7-21/h3-11,16-17,19,32H,12-15,18H2,1-2H3,(H,29,33)(H,34,35). The van der Waals surface area contributed by atoms with E-state index in [1.165, 1.54) is 12.1 Å². The van der Waals surface area contributed by atoms with Crippen LogP contribution < -0.4 is 5.32 Å². The number of carboxylic acid groups (broad SMARTS) is 1. The van der Waals surface area contributed by atoms with Gasteiger partial charge in [-0.3, -0.25) is 14.6 Å². The Balaban J connectivity index is 1.53. The van der Waals surface area contributed by atoms with Crippen molar-refractivity contribution in [3.05, 3.63) is 83.4 Å². The highest BCUT2D eigenvalue weighted by Crippen LogP contribution is 2.28. The van der Waals surface area contributed by atoms with E-state index in [2.05, 4.69) is 29.0 Å². The summed E-state index contributed by atoms with van der Waals surface area (Å²) in [6, 6.07) is 19.9. The van der Waals surface area contributed by atoms with Crippen LogP contribution >= 0.6 is 0 Å². The molecule has 1 heterocycles. The first-order chi connectivity index (χ1) is 16.8. The number of phenolic OH excluding ortho intramolecular Hbond substituents is 1. The van der Waals surface area contributed by atoms with Crippen molar-refractivity contribution < 1.29 is 19.8 Å². The number of hydrogen-bond donors (Lipinski definition) is 3. The van der Waals surface area contributed by atoms with Gasteiger partial charge in [-0.25, -0.2) is 4.79 Å². The fourth-order valence-corrected chi connectivity index (χ4v) is 4.39. The summed E-state index contributed by atoms with van der Waals surface area (Å²) in [6.45, 7) is 8.95. The lowest BCUT2D eigenvalue weighted by Gasteiger charge is -2.37. The van der Waals surface area contributed by atoms with Crippen LogP contribution in [0.2, 0.25) is 0 Å². The first-order valence-corrected chi connectivity index (χ1v) is 11.8. The monoisotopic (exact) mass is 473 g/mol. The lowest BCUT2D eigenvalue weighted by Crippen LogP contribution is -2.48. The summed E-state index contributed by atoms with van der Waals surface area (Å²) in [7, 11) is 0. The molecule has 0 bridgehead atoms. The Morgan fingerprint density at radius 3 is 2.26 bits per heavy atom. The molecule has 1 aliphatic rings. The van der Waals surface area contributed by atoms with Gasteiger partial charge in [-0.15, -0.1) is 0 Å². The van der Waals surface area contributed by atoms with Crippen LogP contribution in [0.1, 0.15) is 40.1 Å². The number of benzene rings is 3. The number of carbonyl (C=O) groups is 2. The Morgan fingerprint density at radius 1 is 0.886 bits per heavy atom. The third-order valence-electron chi connectivity index (χ3n) is 6.45. The number of rotatable bonds is 7. The summed E-state index contributed by atoms with van der Waals surface area (Å²) in [5.41, 5.74) is 2.88. The van der Waals surface area contributed by atoms with Gasteiger partial charge in [0.15, 0.2) is 0 Å². The van der Waals surface area contributed by atoms with Crippen LogP contribution in [-0.2, 0) is 6.54 Å². The Morgan fingerprint density at radius 2 is 1.60 bits per heavy atom. The molecule has 4 rings (SSSR count). The zero-order valence-corrected chi connectivity index (χ0v) is 20.1. The van der Waals surface area contributed by atoms with Crippen LogP contribution in [0.25, 0.3) is 11.1 Å². The number of amides is 1. The van der Waals surface area contributed by atoms with E-state index in [1.54, 1.807) is 18.2 Å². The highest BCUT2D eigenvalue weighted by molar-refractivity contribution is 6.09. The Kier molecular flexibility index (Phi) is 7.48.